The van der Waals surface area contributed by atoms with Gasteiger partial charge >= 0.3 is 0 Å². The van der Waals surface area contributed by atoms with E-state index in [9.17, 15) is 4.79 Å². The van der Waals surface area contributed by atoms with Crippen molar-refractivity contribution in [1.29, 1.82) is 0 Å². The van der Waals surface area contributed by atoms with Gasteiger partial charge in [0.2, 0.25) is 0 Å². The van der Waals surface area contributed by atoms with Gasteiger partial charge in [-0.1, -0.05) is 19.1 Å². The maximum absolute atomic E-state index is 12.2. The lowest BCUT2D eigenvalue weighted by atomic mass is 9.99. The molecule has 0 saturated carbocycles. The number of hydrogen-bond acceptors (Lipinski definition) is 3. The number of carbonyl (C=O) groups excluding carboxylic acids is 1. The minimum absolute atomic E-state index is 0.00624. The molecular weight excluding hydrogens is 252 g/mol. The highest BCUT2D eigenvalue weighted by Gasteiger charge is 2.16. The average molecular weight is 276 g/mol. The summed E-state index contributed by atoms with van der Waals surface area (Å²) in [7, 11) is 0. The summed E-state index contributed by atoms with van der Waals surface area (Å²) in [6, 6.07) is 5.95. The van der Waals surface area contributed by atoms with Gasteiger partial charge in [0.15, 0.2) is 0 Å². The molecule has 0 atom stereocenters. The summed E-state index contributed by atoms with van der Waals surface area (Å²) in [4.78, 5) is 12.2. The maximum Gasteiger partial charge on any atom is 0.253 e. The van der Waals surface area contributed by atoms with Crippen LogP contribution in [0.3, 0.4) is 0 Å². The predicted molar refractivity (Wildman–Crippen MR) is 81.3 cm³/mol. The molecule has 1 aromatic carbocycles. The number of hydrogen-bond donors (Lipinski definition) is 2. The SMILES string of the molecule is CCCOCCCNC(=O)c1cccc2c1NCCC2. The van der Waals surface area contributed by atoms with E-state index in [1.807, 2.05) is 12.1 Å². The van der Waals surface area contributed by atoms with Gasteiger partial charge in [0, 0.05) is 26.3 Å². The first-order valence-corrected chi connectivity index (χ1v) is 7.54. The molecule has 0 bridgehead atoms. The van der Waals surface area contributed by atoms with Crippen LogP contribution in [-0.2, 0) is 11.2 Å². The molecule has 110 valence electrons. The molecule has 1 aliphatic heterocycles. The summed E-state index contributed by atoms with van der Waals surface area (Å²) < 4.78 is 5.40. The highest BCUT2D eigenvalue weighted by molar-refractivity contribution is 6.00. The van der Waals surface area contributed by atoms with E-state index in [2.05, 4.69) is 23.6 Å². The molecule has 0 fully saturated rings. The fourth-order valence-electron chi connectivity index (χ4n) is 2.42. The third kappa shape index (κ3) is 3.97. The van der Waals surface area contributed by atoms with E-state index in [1.54, 1.807) is 0 Å². The summed E-state index contributed by atoms with van der Waals surface area (Å²) in [6.45, 7) is 5.20. The molecule has 0 aromatic heterocycles. The lowest BCUT2D eigenvalue weighted by Crippen LogP contribution is -2.27. The number of fused-ring (bicyclic) bond motifs is 1. The number of anilines is 1. The van der Waals surface area contributed by atoms with Crippen LogP contribution in [0.15, 0.2) is 18.2 Å². The minimum Gasteiger partial charge on any atom is -0.384 e. The van der Waals surface area contributed by atoms with E-state index >= 15 is 0 Å². The lowest BCUT2D eigenvalue weighted by molar-refractivity contribution is 0.0942. The Morgan fingerprint density at radius 1 is 1.40 bits per heavy atom. The second kappa shape index (κ2) is 7.90. The van der Waals surface area contributed by atoms with Crippen molar-refractivity contribution in [2.75, 3.05) is 31.6 Å². The van der Waals surface area contributed by atoms with E-state index in [0.717, 1.165) is 50.1 Å². The quantitative estimate of drug-likeness (QED) is 0.753. The van der Waals surface area contributed by atoms with E-state index in [4.69, 9.17) is 4.74 Å². The molecule has 0 unspecified atom stereocenters. The lowest BCUT2D eigenvalue weighted by Gasteiger charge is -2.20. The number of nitrogens with one attached hydrogen (secondary N) is 2. The maximum atomic E-state index is 12.2. The van der Waals surface area contributed by atoms with E-state index < -0.39 is 0 Å². The topological polar surface area (TPSA) is 50.4 Å². The number of benzene rings is 1. The molecule has 2 rings (SSSR count). The van der Waals surface area contributed by atoms with E-state index in [-0.39, 0.29) is 5.91 Å². The van der Waals surface area contributed by atoms with Crippen molar-refractivity contribution in [3.63, 3.8) is 0 Å². The zero-order chi connectivity index (χ0) is 14.2. The molecule has 1 aromatic rings. The molecule has 1 amide bonds. The van der Waals surface area contributed by atoms with Gasteiger partial charge in [0.25, 0.3) is 5.91 Å². The van der Waals surface area contributed by atoms with Crippen LogP contribution in [-0.4, -0.2) is 32.2 Å². The first-order valence-electron chi connectivity index (χ1n) is 7.54. The van der Waals surface area contributed by atoms with Gasteiger partial charge in [-0.25, -0.2) is 0 Å². The zero-order valence-corrected chi connectivity index (χ0v) is 12.2. The largest absolute Gasteiger partial charge is 0.384 e. The summed E-state index contributed by atoms with van der Waals surface area (Å²) >= 11 is 0. The third-order valence-electron chi connectivity index (χ3n) is 3.42. The molecule has 4 heteroatoms. The number of ether oxygens (including phenoxy) is 1. The van der Waals surface area contributed by atoms with Crippen molar-refractivity contribution in [2.45, 2.75) is 32.6 Å². The summed E-state index contributed by atoms with van der Waals surface area (Å²) in [5.74, 6) is 0.00624. The molecule has 1 heterocycles. The smallest absolute Gasteiger partial charge is 0.253 e. The van der Waals surface area contributed by atoms with E-state index in [1.165, 1.54) is 5.56 Å². The van der Waals surface area contributed by atoms with Crippen LogP contribution in [0.2, 0.25) is 0 Å². The second-order valence-electron chi connectivity index (χ2n) is 5.09. The van der Waals surface area contributed by atoms with Crippen molar-refractivity contribution >= 4 is 11.6 Å². The molecule has 4 nitrogen and oxygen atoms in total. The zero-order valence-electron chi connectivity index (χ0n) is 12.2. The van der Waals surface area contributed by atoms with Gasteiger partial charge in [-0.15, -0.1) is 0 Å². The number of rotatable bonds is 7. The fourth-order valence-corrected chi connectivity index (χ4v) is 2.42. The fraction of sp³-hybridized carbons (Fsp3) is 0.562. The summed E-state index contributed by atoms with van der Waals surface area (Å²) in [6.07, 6.45) is 4.07. The molecule has 1 aliphatic rings. The van der Waals surface area contributed by atoms with Crippen molar-refractivity contribution < 1.29 is 9.53 Å². The molecular formula is C16H24N2O2. The number of amides is 1. The van der Waals surface area contributed by atoms with Crippen molar-refractivity contribution in [2.24, 2.45) is 0 Å². The number of carbonyl (C=O) groups is 1. The molecule has 0 radical (unpaired) electrons. The Morgan fingerprint density at radius 2 is 2.30 bits per heavy atom. The molecule has 0 aliphatic carbocycles. The van der Waals surface area contributed by atoms with Gasteiger partial charge in [-0.3, -0.25) is 4.79 Å². The van der Waals surface area contributed by atoms with Crippen LogP contribution < -0.4 is 10.6 Å². The van der Waals surface area contributed by atoms with Gasteiger partial charge in [0.05, 0.1) is 11.3 Å². The van der Waals surface area contributed by atoms with Crippen molar-refractivity contribution in [3.05, 3.63) is 29.3 Å². The summed E-state index contributed by atoms with van der Waals surface area (Å²) in [5.41, 5.74) is 3.02. The third-order valence-corrected chi connectivity index (χ3v) is 3.42. The minimum atomic E-state index is 0.00624. The van der Waals surface area contributed by atoms with Crippen molar-refractivity contribution in [3.8, 4) is 0 Å². The normalized spacial score (nSPS) is 13.4. The highest BCUT2D eigenvalue weighted by Crippen LogP contribution is 2.25. The average Bonchev–Trinajstić information content (AvgIpc) is 2.50. The monoisotopic (exact) mass is 276 g/mol. The van der Waals surface area contributed by atoms with Crippen molar-refractivity contribution in [1.82, 2.24) is 5.32 Å². The standard InChI is InChI=1S/C16H24N2O2/c1-2-11-20-12-5-10-18-16(19)14-8-3-6-13-7-4-9-17-15(13)14/h3,6,8,17H,2,4-5,7,9-12H2,1H3,(H,18,19). The Balaban J connectivity index is 1.83. The first kappa shape index (κ1) is 14.9. The van der Waals surface area contributed by atoms with Gasteiger partial charge < -0.3 is 15.4 Å². The molecule has 0 spiro atoms. The highest BCUT2D eigenvalue weighted by atomic mass is 16.5. The Hall–Kier alpha value is -1.55. The molecule has 0 saturated heterocycles. The van der Waals surface area contributed by atoms with Crippen LogP contribution in [0, 0.1) is 0 Å². The van der Waals surface area contributed by atoms with Gasteiger partial charge in [0.1, 0.15) is 0 Å². The Kier molecular flexibility index (Phi) is 5.87. The predicted octanol–water partition coefficient (Wildman–Crippen LogP) is 2.59. The van der Waals surface area contributed by atoms with Gasteiger partial charge in [-0.2, -0.15) is 0 Å². The number of aryl methyl sites for hydroxylation is 1. The Bertz CT molecular complexity index is 446. The van der Waals surface area contributed by atoms with Crippen LogP contribution in [0.1, 0.15) is 42.1 Å². The molecule has 2 N–H and O–H groups in total. The second-order valence-corrected chi connectivity index (χ2v) is 5.09. The Morgan fingerprint density at radius 3 is 3.15 bits per heavy atom. The first-order chi connectivity index (χ1) is 9.83. The van der Waals surface area contributed by atoms with E-state index in [0.29, 0.717) is 13.2 Å². The number of para-hydroxylation sites is 1. The Labute approximate surface area is 120 Å². The van der Waals surface area contributed by atoms with Crippen LogP contribution in [0.4, 0.5) is 5.69 Å². The summed E-state index contributed by atoms with van der Waals surface area (Å²) in [5, 5.41) is 6.31. The van der Waals surface area contributed by atoms with Crippen LogP contribution >= 0.6 is 0 Å². The van der Waals surface area contributed by atoms with Crippen LogP contribution in [0.5, 0.6) is 0 Å². The van der Waals surface area contributed by atoms with Crippen LogP contribution in [0.25, 0.3) is 0 Å². The van der Waals surface area contributed by atoms with Gasteiger partial charge in [-0.05, 0) is 37.3 Å². The molecule has 20 heavy (non-hydrogen) atoms.